The Labute approximate surface area is 266 Å². The lowest BCUT2D eigenvalue weighted by Crippen LogP contribution is -2.24. The summed E-state index contributed by atoms with van der Waals surface area (Å²) < 4.78 is 0. The largest absolute Gasteiger partial charge is 0.340 e. The van der Waals surface area contributed by atoms with Crippen molar-refractivity contribution >= 4 is 58.4 Å². The molecule has 0 aliphatic carbocycles. The molecule has 4 aromatic carbocycles. The fraction of sp³-hybridized carbons (Fsp3) is 0.200. The summed E-state index contributed by atoms with van der Waals surface area (Å²) in [5, 5.41) is 4.68. The van der Waals surface area contributed by atoms with E-state index in [1.165, 1.54) is 11.8 Å². The summed E-state index contributed by atoms with van der Waals surface area (Å²) in [5.74, 6) is -0.837. The van der Waals surface area contributed by atoms with Crippen LogP contribution in [-0.4, -0.2) is 28.5 Å². The van der Waals surface area contributed by atoms with Crippen molar-refractivity contribution in [1.29, 1.82) is 0 Å². The van der Waals surface area contributed by atoms with Crippen LogP contribution in [0.1, 0.15) is 60.4 Å². The Hall–Kier alpha value is -3.65. The normalized spacial score (nSPS) is 12.4. The van der Waals surface area contributed by atoms with Gasteiger partial charge in [0.25, 0.3) is 0 Å². The Morgan fingerprint density at radius 1 is 0.744 bits per heavy atom. The lowest BCUT2D eigenvalue weighted by atomic mass is 9.98. The van der Waals surface area contributed by atoms with Crippen LogP contribution in [0.2, 0.25) is 5.02 Å². The number of ketones is 2. The highest BCUT2D eigenvalue weighted by atomic mass is 35.5. The number of hydrogen-bond donors (Lipinski definition) is 0. The van der Waals surface area contributed by atoms with Crippen LogP contribution >= 0.6 is 35.1 Å². The van der Waals surface area contributed by atoms with Gasteiger partial charge in [-0.25, -0.2) is 4.79 Å². The summed E-state index contributed by atoms with van der Waals surface area (Å²) in [6, 6.07) is 31.4. The summed E-state index contributed by atoms with van der Waals surface area (Å²) in [6.07, 6.45) is 0.300. The number of Topliss-reactive ketones (excluding diaryl/α,β-unsaturated/α-hetero) is 1. The number of carbonyl (C=O) groups excluding carboxylic acids is 3. The number of nitrogens with zero attached hydrogens (tertiary/aromatic N) is 1. The zero-order chi connectivity index (χ0) is 31.0. The molecule has 220 valence electrons. The second-order valence-corrected chi connectivity index (χ2v) is 14.0. The molecule has 0 saturated carbocycles. The van der Waals surface area contributed by atoms with Crippen molar-refractivity contribution in [1.82, 2.24) is 0 Å². The molecule has 0 bridgehead atoms. The third kappa shape index (κ3) is 9.42. The Balaban J connectivity index is 1.45. The predicted molar refractivity (Wildman–Crippen MR) is 176 cm³/mol. The molecule has 4 aromatic rings. The first-order valence-corrected chi connectivity index (χ1v) is 15.8. The Morgan fingerprint density at radius 2 is 1.26 bits per heavy atom. The van der Waals surface area contributed by atoms with Gasteiger partial charge in [-0.1, -0.05) is 65.8 Å². The van der Waals surface area contributed by atoms with Gasteiger partial charge in [-0.15, -0.1) is 11.8 Å². The zero-order valence-corrected chi connectivity index (χ0v) is 26.8. The molecule has 8 heteroatoms. The lowest BCUT2D eigenvalue weighted by Gasteiger charge is -2.15. The smallest absolute Gasteiger partial charge is 0.317 e. The molecule has 0 spiro atoms. The maximum Gasteiger partial charge on any atom is 0.340 e. The van der Waals surface area contributed by atoms with Crippen molar-refractivity contribution in [3.8, 4) is 0 Å². The van der Waals surface area contributed by atoms with E-state index in [1.54, 1.807) is 56.8 Å². The highest BCUT2D eigenvalue weighted by Gasteiger charge is 2.25. The molecule has 0 heterocycles. The van der Waals surface area contributed by atoms with E-state index in [4.69, 9.17) is 16.4 Å². The summed E-state index contributed by atoms with van der Waals surface area (Å²) in [5.41, 5.74) is 1.14. The summed E-state index contributed by atoms with van der Waals surface area (Å²) in [6.45, 7) is 7.19. The molecule has 0 N–H and O–H groups in total. The molecule has 0 unspecified atom stereocenters. The number of halogens is 1. The van der Waals surface area contributed by atoms with Gasteiger partial charge in [-0.2, -0.15) is 0 Å². The van der Waals surface area contributed by atoms with E-state index in [-0.39, 0.29) is 22.5 Å². The van der Waals surface area contributed by atoms with Gasteiger partial charge in [0.15, 0.2) is 5.78 Å². The quantitative estimate of drug-likeness (QED) is 0.0541. The van der Waals surface area contributed by atoms with E-state index >= 15 is 0 Å². The highest BCUT2D eigenvalue weighted by Crippen LogP contribution is 2.30. The van der Waals surface area contributed by atoms with Crippen molar-refractivity contribution < 1.29 is 19.2 Å². The molecular formula is C35H32ClNO4S2. The summed E-state index contributed by atoms with van der Waals surface area (Å²) >= 11 is 9.12. The topological polar surface area (TPSA) is 72.8 Å². The van der Waals surface area contributed by atoms with Crippen LogP contribution in [0.15, 0.2) is 123 Å². The monoisotopic (exact) mass is 629 g/mol. The minimum atomic E-state index is -0.757. The maximum absolute atomic E-state index is 13.5. The molecule has 4 rings (SSSR count). The van der Waals surface area contributed by atoms with Crippen molar-refractivity contribution in [2.24, 2.45) is 10.6 Å². The first kappa shape index (κ1) is 32.3. The second-order valence-electron chi connectivity index (χ2n) is 10.9. The van der Waals surface area contributed by atoms with Gasteiger partial charge in [0, 0.05) is 48.1 Å². The molecule has 5 nitrogen and oxygen atoms in total. The molecule has 0 aliphatic heterocycles. The standard InChI is InChI=1S/C35H32ClNO4S2/c1-23(42-28-20-14-27(36)15-21-28)22-31(37-41-34(40)35(2,3)4)33(39)26-12-18-30(19-13-26)43-29-16-10-25(11-17-29)32(38)24-8-6-5-7-9-24/h5-21,23H,22H2,1-4H3/b37-31+/t23-/m1/s1. The molecule has 0 fully saturated rings. The second kappa shape index (κ2) is 14.7. The van der Waals surface area contributed by atoms with Crippen molar-refractivity contribution in [2.45, 2.75) is 54.1 Å². The number of benzene rings is 4. The molecular weight excluding hydrogens is 598 g/mol. The number of oxime groups is 1. The molecule has 1 atom stereocenters. The van der Waals surface area contributed by atoms with Gasteiger partial charge in [0.1, 0.15) is 5.71 Å². The Morgan fingerprint density at radius 3 is 1.81 bits per heavy atom. The number of rotatable bonds is 11. The van der Waals surface area contributed by atoms with Gasteiger partial charge >= 0.3 is 5.97 Å². The minimum absolute atomic E-state index is 0.0217. The first-order valence-electron chi connectivity index (χ1n) is 13.7. The third-order valence-corrected chi connectivity index (χ3v) is 8.63. The average Bonchev–Trinajstić information content (AvgIpc) is 3.00. The van der Waals surface area contributed by atoms with Crippen LogP contribution < -0.4 is 0 Å². The third-order valence-electron chi connectivity index (χ3n) is 6.25. The Kier molecular flexibility index (Phi) is 11.0. The fourth-order valence-electron chi connectivity index (χ4n) is 3.87. The van der Waals surface area contributed by atoms with Gasteiger partial charge in [-0.05, 0) is 93.6 Å². The van der Waals surface area contributed by atoms with Crippen LogP contribution in [0.3, 0.4) is 0 Å². The van der Waals surface area contributed by atoms with Crippen LogP contribution in [0.5, 0.6) is 0 Å². The molecule has 0 amide bonds. The predicted octanol–water partition coefficient (Wildman–Crippen LogP) is 9.42. The summed E-state index contributed by atoms with van der Waals surface area (Å²) in [7, 11) is 0. The van der Waals surface area contributed by atoms with Crippen LogP contribution in [-0.2, 0) is 9.63 Å². The van der Waals surface area contributed by atoms with Crippen LogP contribution in [0.4, 0.5) is 0 Å². The average molecular weight is 630 g/mol. The highest BCUT2D eigenvalue weighted by molar-refractivity contribution is 8.00. The first-order chi connectivity index (χ1) is 20.5. The molecule has 0 aromatic heterocycles. The molecule has 0 saturated heterocycles. The van der Waals surface area contributed by atoms with Gasteiger partial charge in [0.05, 0.1) is 5.41 Å². The van der Waals surface area contributed by atoms with Crippen molar-refractivity contribution in [3.05, 3.63) is 125 Å². The van der Waals surface area contributed by atoms with Crippen molar-refractivity contribution in [2.75, 3.05) is 0 Å². The Bertz CT molecular complexity index is 1600. The van der Waals surface area contributed by atoms with Crippen LogP contribution in [0, 0.1) is 5.41 Å². The molecule has 0 aliphatic rings. The number of carbonyl (C=O) groups is 3. The van der Waals surface area contributed by atoms with Gasteiger partial charge in [0.2, 0.25) is 5.78 Å². The van der Waals surface area contributed by atoms with Crippen molar-refractivity contribution in [3.63, 3.8) is 0 Å². The minimum Gasteiger partial charge on any atom is -0.317 e. The van der Waals surface area contributed by atoms with E-state index in [9.17, 15) is 14.4 Å². The fourth-order valence-corrected chi connectivity index (χ4v) is 5.81. The van der Waals surface area contributed by atoms with E-state index in [2.05, 4.69) is 5.16 Å². The molecule has 43 heavy (non-hydrogen) atoms. The molecule has 0 radical (unpaired) electrons. The van der Waals surface area contributed by atoms with E-state index < -0.39 is 11.4 Å². The number of hydrogen-bond acceptors (Lipinski definition) is 7. The van der Waals surface area contributed by atoms with Crippen LogP contribution in [0.25, 0.3) is 0 Å². The van der Waals surface area contributed by atoms with Gasteiger partial charge < -0.3 is 4.84 Å². The SMILES string of the molecule is C[C@H](C/C(=N\OC(=O)C(C)(C)C)C(=O)c1ccc(Sc2ccc(C(=O)c3ccccc3)cc2)cc1)Sc1ccc(Cl)cc1. The van der Waals surface area contributed by atoms with E-state index in [1.807, 2.05) is 85.8 Å². The zero-order valence-electron chi connectivity index (χ0n) is 24.4. The van der Waals surface area contributed by atoms with Gasteiger partial charge in [-0.3, -0.25) is 9.59 Å². The van der Waals surface area contributed by atoms with E-state index in [0.717, 1.165) is 14.7 Å². The summed E-state index contributed by atoms with van der Waals surface area (Å²) in [4.78, 5) is 46.8. The number of thioether (sulfide) groups is 1. The maximum atomic E-state index is 13.5. The lowest BCUT2D eigenvalue weighted by molar-refractivity contribution is -0.152. The van der Waals surface area contributed by atoms with E-state index in [0.29, 0.717) is 28.1 Å².